The summed E-state index contributed by atoms with van der Waals surface area (Å²) in [5.74, 6) is -1.24. The van der Waals surface area contributed by atoms with Crippen molar-refractivity contribution in [2.45, 2.75) is 25.6 Å². The van der Waals surface area contributed by atoms with Crippen LogP contribution in [0.5, 0.6) is 0 Å². The summed E-state index contributed by atoms with van der Waals surface area (Å²) >= 11 is 0. The van der Waals surface area contributed by atoms with Crippen molar-refractivity contribution in [3.05, 3.63) is 65.2 Å². The lowest BCUT2D eigenvalue weighted by molar-refractivity contribution is -0.137. The molecule has 9 heteroatoms. The van der Waals surface area contributed by atoms with Gasteiger partial charge in [0.1, 0.15) is 0 Å². The molecular formula is C23H24F3N3O3. The maximum atomic E-state index is 12.9. The van der Waals surface area contributed by atoms with E-state index in [1.54, 1.807) is 38.4 Å². The lowest BCUT2D eigenvalue weighted by Gasteiger charge is -2.18. The molecule has 1 aliphatic heterocycles. The number of nitrogens with zero attached hydrogens (tertiary/aromatic N) is 2. The van der Waals surface area contributed by atoms with Gasteiger partial charge >= 0.3 is 6.18 Å². The van der Waals surface area contributed by atoms with E-state index in [0.29, 0.717) is 11.3 Å². The van der Waals surface area contributed by atoms with E-state index in [4.69, 9.17) is 0 Å². The van der Waals surface area contributed by atoms with Gasteiger partial charge in [-0.25, -0.2) is 0 Å². The SMILES string of the molecule is CN(C)C(=O)Cc1ccc(NC(=O)C2CC(=O)N(Cc3cccc(C(F)(F)F)c3)C2)cc1. The lowest BCUT2D eigenvalue weighted by Crippen LogP contribution is -2.28. The molecule has 6 nitrogen and oxygen atoms in total. The Morgan fingerprint density at radius 1 is 1.09 bits per heavy atom. The van der Waals surface area contributed by atoms with E-state index in [9.17, 15) is 27.6 Å². The molecule has 0 aromatic heterocycles. The number of hydrogen-bond acceptors (Lipinski definition) is 3. The van der Waals surface area contributed by atoms with Gasteiger partial charge in [0, 0.05) is 39.3 Å². The van der Waals surface area contributed by atoms with Crippen LogP contribution in [0.1, 0.15) is 23.1 Å². The fourth-order valence-electron chi connectivity index (χ4n) is 3.45. The number of alkyl halides is 3. The van der Waals surface area contributed by atoms with Gasteiger partial charge < -0.3 is 15.1 Å². The van der Waals surface area contributed by atoms with Crippen LogP contribution in [0.4, 0.5) is 18.9 Å². The molecule has 1 N–H and O–H groups in total. The normalized spacial score (nSPS) is 16.2. The van der Waals surface area contributed by atoms with Gasteiger partial charge in [-0.05, 0) is 35.4 Å². The smallest absolute Gasteiger partial charge is 0.349 e. The molecule has 32 heavy (non-hydrogen) atoms. The van der Waals surface area contributed by atoms with Crippen LogP contribution in [0.3, 0.4) is 0 Å². The molecule has 3 rings (SSSR count). The second-order valence-corrected chi connectivity index (χ2v) is 8.02. The number of likely N-dealkylation sites (tertiary alicyclic amines) is 1. The summed E-state index contributed by atoms with van der Waals surface area (Å²) in [4.78, 5) is 39.6. The van der Waals surface area contributed by atoms with Crippen molar-refractivity contribution < 1.29 is 27.6 Å². The van der Waals surface area contributed by atoms with E-state index >= 15 is 0 Å². The van der Waals surface area contributed by atoms with Crippen molar-refractivity contribution in [1.29, 1.82) is 0 Å². The molecule has 1 unspecified atom stereocenters. The molecule has 1 fully saturated rings. The number of anilines is 1. The predicted octanol–water partition coefficient (Wildman–Crippen LogP) is 3.32. The second kappa shape index (κ2) is 9.42. The molecule has 170 valence electrons. The van der Waals surface area contributed by atoms with Crippen molar-refractivity contribution >= 4 is 23.4 Å². The highest BCUT2D eigenvalue weighted by atomic mass is 19.4. The van der Waals surface area contributed by atoms with Gasteiger partial charge in [-0.15, -0.1) is 0 Å². The third kappa shape index (κ3) is 5.87. The Morgan fingerprint density at radius 2 is 1.78 bits per heavy atom. The van der Waals surface area contributed by atoms with E-state index in [2.05, 4.69) is 5.32 Å². The standard InChI is InChI=1S/C23H24F3N3O3/c1-28(2)20(30)11-15-6-8-19(9-7-15)27-22(32)17-12-21(31)29(14-17)13-16-4-3-5-18(10-16)23(24,25)26/h3-10,17H,11-14H2,1-2H3,(H,27,32). The third-order valence-electron chi connectivity index (χ3n) is 5.29. The Balaban J connectivity index is 1.58. The van der Waals surface area contributed by atoms with Crippen LogP contribution in [0, 0.1) is 5.92 Å². The quantitative estimate of drug-likeness (QED) is 0.739. The molecule has 2 aromatic carbocycles. The van der Waals surface area contributed by atoms with E-state index in [1.807, 2.05) is 0 Å². The predicted molar refractivity (Wildman–Crippen MR) is 112 cm³/mol. The maximum Gasteiger partial charge on any atom is 0.416 e. The molecule has 0 radical (unpaired) electrons. The summed E-state index contributed by atoms with van der Waals surface area (Å²) in [6.45, 7) is 0.150. The second-order valence-electron chi connectivity index (χ2n) is 8.02. The fraction of sp³-hybridized carbons (Fsp3) is 0.348. The molecule has 1 heterocycles. The lowest BCUT2D eigenvalue weighted by atomic mass is 10.1. The number of likely N-dealkylation sites (N-methyl/N-ethyl adjacent to an activating group) is 1. The molecule has 1 saturated heterocycles. The van der Waals surface area contributed by atoms with Crippen LogP contribution in [-0.4, -0.2) is 48.2 Å². The summed E-state index contributed by atoms with van der Waals surface area (Å²) in [6, 6.07) is 11.7. The van der Waals surface area contributed by atoms with Gasteiger partial charge in [0.15, 0.2) is 0 Å². The van der Waals surface area contributed by atoms with Crippen LogP contribution in [0.15, 0.2) is 48.5 Å². The van der Waals surface area contributed by atoms with Gasteiger partial charge in [0.05, 0.1) is 17.9 Å². The monoisotopic (exact) mass is 447 g/mol. The van der Waals surface area contributed by atoms with E-state index < -0.39 is 17.7 Å². The number of benzene rings is 2. The van der Waals surface area contributed by atoms with Crippen molar-refractivity contribution in [2.24, 2.45) is 5.92 Å². The highest BCUT2D eigenvalue weighted by Gasteiger charge is 2.35. The fourth-order valence-corrected chi connectivity index (χ4v) is 3.45. The minimum absolute atomic E-state index is 0.000213. The van der Waals surface area contributed by atoms with E-state index in [-0.39, 0.29) is 43.7 Å². The first-order valence-electron chi connectivity index (χ1n) is 10.1. The summed E-state index contributed by atoms with van der Waals surface area (Å²) in [6.07, 6.45) is -4.20. The Hall–Kier alpha value is -3.36. The number of amides is 3. The van der Waals surface area contributed by atoms with Gasteiger partial charge in [0.25, 0.3) is 0 Å². The zero-order valence-corrected chi connectivity index (χ0v) is 17.8. The first kappa shape index (κ1) is 23.3. The Kier molecular flexibility index (Phi) is 6.86. The zero-order chi connectivity index (χ0) is 23.5. The van der Waals surface area contributed by atoms with Crippen LogP contribution in [0.25, 0.3) is 0 Å². The first-order chi connectivity index (χ1) is 15.0. The minimum Gasteiger partial charge on any atom is -0.349 e. The van der Waals surface area contributed by atoms with Crippen molar-refractivity contribution in [3.8, 4) is 0 Å². The first-order valence-corrected chi connectivity index (χ1v) is 10.1. The Labute approximate surface area is 184 Å². The topological polar surface area (TPSA) is 69.7 Å². The van der Waals surface area contributed by atoms with Crippen LogP contribution < -0.4 is 5.32 Å². The van der Waals surface area contributed by atoms with Crippen molar-refractivity contribution in [2.75, 3.05) is 26.0 Å². The van der Waals surface area contributed by atoms with Gasteiger partial charge in [-0.2, -0.15) is 13.2 Å². The van der Waals surface area contributed by atoms with Gasteiger partial charge in [-0.1, -0.05) is 24.3 Å². The summed E-state index contributed by atoms with van der Waals surface area (Å²) in [5, 5.41) is 2.76. The number of halogens is 3. The highest BCUT2D eigenvalue weighted by molar-refractivity contribution is 5.97. The Morgan fingerprint density at radius 3 is 2.41 bits per heavy atom. The molecule has 0 aliphatic carbocycles. The van der Waals surface area contributed by atoms with Crippen LogP contribution >= 0.6 is 0 Å². The molecule has 1 atom stereocenters. The molecule has 1 aliphatic rings. The largest absolute Gasteiger partial charge is 0.416 e. The molecule has 2 aromatic rings. The zero-order valence-electron chi connectivity index (χ0n) is 17.8. The molecule has 0 saturated carbocycles. The van der Waals surface area contributed by atoms with Crippen molar-refractivity contribution in [1.82, 2.24) is 9.80 Å². The van der Waals surface area contributed by atoms with Crippen molar-refractivity contribution in [3.63, 3.8) is 0 Å². The van der Waals surface area contributed by atoms with Gasteiger partial charge in [0.2, 0.25) is 17.7 Å². The minimum atomic E-state index is -4.46. The van der Waals surface area contributed by atoms with E-state index in [0.717, 1.165) is 17.7 Å². The number of hydrogen-bond donors (Lipinski definition) is 1. The Bertz CT molecular complexity index is 1000. The maximum absolute atomic E-state index is 12.9. The average molecular weight is 447 g/mol. The number of nitrogens with one attached hydrogen (secondary N) is 1. The number of carbonyl (C=O) groups excluding carboxylic acids is 3. The van der Waals surface area contributed by atoms with E-state index in [1.165, 1.54) is 21.9 Å². The molecule has 3 amide bonds. The van der Waals surface area contributed by atoms with Crippen LogP contribution in [-0.2, 0) is 33.5 Å². The molecule has 0 bridgehead atoms. The summed E-state index contributed by atoms with van der Waals surface area (Å²) in [5.41, 5.74) is 0.939. The third-order valence-corrected chi connectivity index (χ3v) is 5.29. The molecular weight excluding hydrogens is 423 g/mol. The summed E-state index contributed by atoms with van der Waals surface area (Å²) < 4.78 is 38.7. The van der Waals surface area contributed by atoms with Crippen LogP contribution in [0.2, 0.25) is 0 Å². The number of rotatable bonds is 6. The van der Waals surface area contributed by atoms with Gasteiger partial charge in [-0.3, -0.25) is 14.4 Å². The summed E-state index contributed by atoms with van der Waals surface area (Å²) in [7, 11) is 3.35. The highest BCUT2D eigenvalue weighted by Crippen LogP contribution is 2.30. The average Bonchev–Trinajstić information content (AvgIpc) is 3.09. The molecule has 0 spiro atoms. The number of carbonyl (C=O) groups is 3.